The largest absolute Gasteiger partial charge is 0.399 e. The van der Waals surface area contributed by atoms with Crippen LogP contribution in [0.4, 0.5) is 5.69 Å². The van der Waals surface area contributed by atoms with Crippen molar-refractivity contribution in [3.63, 3.8) is 0 Å². The van der Waals surface area contributed by atoms with Gasteiger partial charge in [0, 0.05) is 5.69 Å². The van der Waals surface area contributed by atoms with Crippen LogP contribution in [0.3, 0.4) is 0 Å². The summed E-state index contributed by atoms with van der Waals surface area (Å²) in [5.41, 5.74) is 7.37. The number of hydrogen-bond acceptors (Lipinski definition) is 3. The van der Waals surface area contributed by atoms with Gasteiger partial charge in [0.05, 0.1) is 5.69 Å². The number of nitrogen functional groups attached to an aromatic ring is 1. The van der Waals surface area contributed by atoms with Crippen molar-refractivity contribution in [2.24, 2.45) is 0 Å². The van der Waals surface area contributed by atoms with E-state index in [1.165, 1.54) is 0 Å². The van der Waals surface area contributed by atoms with Crippen molar-refractivity contribution in [1.29, 1.82) is 0 Å². The third-order valence-corrected chi connectivity index (χ3v) is 1.99. The Bertz CT molecular complexity index is 459. The summed E-state index contributed by atoms with van der Waals surface area (Å²) in [5, 5.41) is 4.27. The quantitative estimate of drug-likeness (QED) is 0.689. The number of aryl methyl sites for hydroxylation is 2. The fourth-order valence-electron chi connectivity index (χ4n) is 1.42. The number of anilines is 1. The number of hydrogen-bond donors (Lipinski definition) is 1. The Labute approximate surface area is 82.4 Å². The number of benzene rings is 1. The number of aromatic nitrogens is 3. The molecule has 72 valence electrons. The molecule has 0 aliphatic heterocycles. The molecule has 4 heteroatoms. The van der Waals surface area contributed by atoms with Gasteiger partial charge in [0.25, 0.3) is 0 Å². The minimum atomic E-state index is 0.732. The predicted molar refractivity (Wildman–Crippen MR) is 55.2 cm³/mol. The first-order chi connectivity index (χ1) is 6.66. The summed E-state index contributed by atoms with van der Waals surface area (Å²) < 4.78 is 1.78. The van der Waals surface area contributed by atoms with Gasteiger partial charge in [-0.15, -0.1) is 0 Å². The molecule has 2 N–H and O–H groups in total. The van der Waals surface area contributed by atoms with Crippen LogP contribution in [-0.4, -0.2) is 14.8 Å². The zero-order chi connectivity index (χ0) is 10.1. The highest BCUT2D eigenvalue weighted by Crippen LogP contribution is 2.12. The standard InChI is InChI=1S/C10H12N4/c1-7-12-8(2)14(13-7)10-5-3-4-9(11)6-10/h3-6H,11H2,1-2H3. The lowest BCUT2D eigenvalue weighted by atomic mass is 10.3. The third-order valence-electron chi connectivity index (χ3n) is 1.99. The van der Waals surface area contributed by atoms with E-state index in [-0.39, 0.29) is 0 Å². The molecule has 0 unspecified atom stereocenters. The molecule has 1 aromatic carbocycles. The first kappa shape index (κ1) is 8.74. The van der Waals surface area contributed by atoms with E-state index in [0.717, 1.165) is 23.0 Å². The second-order valence-corrected chi connectivity index (χ2v) is 3.21. The molecule has 0 amide bonds. The van der Waals surface area contributed by atoms with Gasteiger partial charge >= 0.3 is 0 Å². The predicted octanol–water partition coefficient (Wildman–Crippen LogP) is 1.47. The first-order valence-electron chi connectivity index (χ1n) is 4.43. The fraction of sp³-hybridized carbons (Fsp3) is 0.200. The molecule has 0 fully saturated rings. The van der Waals surface area contributed by atoms with Gasteiger partial charge in [-0.2, -0.15) is 5.10 Å². The monoisotopic (exact) mass is 188 g/mol. The molecule has 0 radical (unpaired) electrons. The lowest BCUT2D eigenvalue weighted by Gasteiger charge is -2.02. The van der Waals surface area contributed by atoms with E-state index in [4.69, 9.17) is 5.73 Å². The maximum Gasteiger partial charge on any atom is 0.148 e. The van der Waals surface area contributed by atoms with Gasteiger partial charge in [-0.3, -0.25) is 0 Å². The van der Waals surface area contributed by atoms with Crippen LogP contribution in [0.15, 0.2) is 24.3 Å². The van der Waals surface area contributed by atoms with Gasteiger partial charge in [-0.1, -0.05) is 6.07 Å². The van der Waals surface area contributed by atoms with Crippen molar-refractivity contribution in [2.75, 3.05) is 5.73 Å². The molecule has 4 nitrogen and oxygen atoms in total. The molecule has 0 aliphatic carbocycles. The van der Waals surface area contributed by atoms with E-state index in [0.29, 0.717) is 0 Å². The second kappa shape index (κ2) is 3.14. The van der Waals surface area contributed by atoms with Crippen molar-refractivity contribution in [3.8, 4) is 5.69 Å². The molecule has 2 rings (SSSR count). The van der Waals surface area contributed by atoms with Crippen LogP contribution in [-0.2, 0) is 0 Å². The lowest BCUT2D eigenvalue weighted by Crippen LogP contribution is -1.99. The fourth-order valence-corrected chi connectivity index (χ4v) is 1.42. The van der Waals surface area contributed by atoms with E-state index in [9.17, 15) is 0 Å². The van der Waals surface area contributed by atoms with E-state index in [1.807, 2.05) is 38.1 Å². The Hall–Kier alpha value is -1.84. The molecule has 0 saturated carbocycles. The highest BCUT2D eigenvalue weighted by molar-refractivity contribution is 5.47. The normalized spacial score (nSPS) is 10.4. The highest BCUT2D eigenvalue weighted by atomic mass is 15.3. The van der Waals surface area contributed by atoms with E-state index in [2.05, 4.69) is 10.1 Å². The Morgan fingerprint density at radius 1 is 1.29 bits per heavy atom. The zero-order valence-electron chi connectivity index (χ0n) is 8.23. The molecular weight excluding hydrogens is 176 g/mol. The number of nitrogens with two attached hydrogens (primary N) is 1. The molecule has 2 aromatic rings. The number of rotatable bonds is 1. The summed E-state index contributed by atoms with van der Waals surface area (Å²) in [6.45, 7) is 3.79. The van der Waals surface area contributed by atoms with E-state index >= 15 is 0 Å². The maximum absolute atomic E-state index is 5.69. The Balaban J connectivity index is 2.54. The van der Waals surface area contributed by atoms with E-state index < -0.39 is 0 Å². The van der Waals surface area contributed by atoms with Crippen LogP contribution in [0.1, 0.15) is 11.6 Å². The summed E-state index contributed by atoms with van der Waals surface area (Å²) in [4.78, 5) is 4.23. The molecule has 0 saturated heterocycles. The minimum absolute atomic E-state index is 0.732. The summed E-state index contributed by atoms with van der Waals surface area (Å²) >= 11 is 0. The van der Waals surface area contributed by atoms with Crippen molar-refractivity contribution < 1.29 is 0 Å². The Kier molecular flexibility index (Phi) is 1.96. The van der Waals surface area contributed by atoms with E-state index in [1.54, 1.807) is 4.68 Å². The van der Waals surface area contributed by atoms with Crippen LogP contribution in [0, 0.1) is 13.8 Å². The van der Waals surface area contributed by atoms with Crippen LogP contribution < -0.4 is 5.73 Å². The van der Waals surface area contributed by atoms with Gasteiger partial charge in [-0.25, -0.2) is 9.67 Å². The Morgan fingerprint density at radius 3 is 2.64 bits per heavy atom. The van der Waals surface area contributed by atoms with Crippen molar-refractivity contribution in [3.05, 3.63) is 35.9 Å². The highest BCUT2D eigenvalue weighted by Gasteiger charge is 2.04. The summed E-state index contributed by atoms with van der Waals surface area (Å²) in [7, 11) is 0. The SMILES string of the molecule is Cc1nc(C)n(-c2cccc(N)c2)n1. The molecular formula is C10H12N4. The van der Waals surface area contributed by atoms with Crippen LogP contribution in [0.2, 0.25) is 0 Å². The third kappa shape index (κ3) is 1.46. The van der Waals surface area contributed by atoms with Crippen LogP contribution in [0.25, 0.3) is 5.69 Å². The lowest BCUT2D eigenvalue weighted by molar-refractivity contribution is 0.831. The van der Waals surface area contributed by atoms with Crippen molar-refractivity contribution in [1.82, 2.24) is 14.8 Å². The van der Waals surface area contributed by atoms with Gasteiger partial charge < -0.3 is 5.73 Å². The maximum atomic E-state index is 5.69. The van der Waals surface area contributed by atoms with Gasteiger partial charge in [-0.05, 0) is 32.0 Å². The number of nitrogens with zero attached hydrogens (tertiary/aromatic N) is 3. The van der Waals surface area contributed by atoms with Gasteiger partial charge in [0.15, 0.2) is 0 Å². The molecule has 1 aromatic heterocycles. The average molecular weight is 188 g/mol. The Morgan fingerprint density at radius 2 is 2.07 bits per heavy atom. The summed E-state index contributed by atoms with van der Waals surface area (Å²) in [6.07, 6.45) is 0. The first-order valence-corrected chi connectivity index (χ1v) is 4.43. The summed E-state index contributed by atoms with van der Waals surface area (Å²) in [5.74, 6) is 1.64. The molecule has 0 bridgehead atoms. The van der Waals surface area contributed by atoms with Gasteiger partial charge in [0.1, 0.15) is 11.6 Å². The topological polar surface area (TPSA) is 56.7 Å². The van der Waals surface area contributed by atoms with Gasteiger partial charge in [0.2, 0.25) is 0 Å². The second-order valence-electron chi connectivity index (χ2n) is 3.21. The minimum Gasteiger partial charge on any atom is -0.399 e. The van der Waals surface area contributed by atoms with Crippen molar-refractivity contribution >= 4 is 5.69 Å². The van der Waals surface area contributed by atoms with Crippen LogP contribution in [0.5, 0.6) is 0 Å². The van der Waals surface area contributed by atoms with Crippen molar-refractivity contribution in [2.45, 2.75) is 13.8 Å². The molecule has 0 spiro atoms. The van der Waals surface area contributed by atoms with Crippen LogP contribution >= 0.6 is 0 Å². The summed E-state index contributed by atoms with van der Waals surface area (Å²) in [6, 6.07) is 7.59. The average Bonchev–Trinajstić information content (AvgIpc) is 2.45. The smallest absolute Gasteiger partial charge is 0.148 e. The molecule has 1 heterocycles. The zero-order valence-corrected chi connectivity index (χ0v) is 8.23. The molecule has 0 aliphatic rings. The molecule has 0 atom stereocenters. The molecule has 14 heavy (non-hydrogen) atoms.